The minimum Gasteiger partial charge on any atom is -0.491 e. The van der Waals surface area contributed by atoms with E-state index in [9.17, 15) is 13.6 Å². The van der Waals surface area contributed by atoms with E-state index in [0.29, 0.717) is 32.5 Å². The molecule has 1 N–H and O–H groups in total. The van der Waals surface area contributed by atoms with Gasteiger partial charge in [0.1, 0.15) is 5.82 Å². The van der Waals surface area contributed by atoms with Gasteiger partial charge in [-0.25, -0.2) is 8.78 Å². The Bertz CT molecular complexity index is 754. The van der Waals surface area contributed by atoms with Crippen LogP contribution in [0.15, 0.2) is 48.5 Å². The number of rotatable bonds is 6. The summed E-state index contributed by atoms with van der Waals surface area (Å²) >= 11 is 0. The fourth-order valence-corrected chi connectivity index (χ4v) is 3.13. The van der Waals surface area contributed by atoms with Crippen molar-refractivity contribution >= 4 is 5.91 Å². The van der Waals surface area contributed by atoms with Crippen molar-refractivity contribution in [3.8, 4) is 5.75 Å². The molecule has 138 valence electrons. The van der Waals surface area contributed by atoms with Crippen molar-refractivity contribution in [1.29, 1.82) is 0 Å². The number of nitrogens with one attached hydrogen (secondary N) is 1. The highest BCUT2D eigenvalue weighted by Crippen LogP contribution is 2.24. The summed E-state index contributed by atoms with van der Waals surface area (Å²) in [5.74, 6) is -0.525. The Labute approximate surface area is 151 Å². The highest BCUT2D eigenvalue weighted by molar-refractivity contribution is 5.77. The van der Waals surface area contributed by atoms with Crippen LogP contribution in [0.25, 0.3) is 0 Å². The van der Waals surface area contributed by atoms with Crippen molar-refractivity contribution in [2.24, 2.45) is 0 Å². The summed E-state index contributed by atoms with van der Waals surface area (Å²) in [4.78, 5) is 14.4. The number of halogens is 2. The lowest BCUT2D eigenvalue weighted by Crippen LogP contribution is -2.48. The number of carbonyl (C=O) groups excluding carboxylic acids is 1. The first kappa shape index (κ1) is 18.3. The van der Waals surface area contributed by atoms with E-state index in [1.807, 2.05) is 6.07 Å². The minimum absolute atomic E-state index is 0.00195. The van der Waals surface area contributed by atoms with Crippen LogP contribution in [-0.4, -0.2) is 37.0 Å². The third-order valence-corrected chi connectivity index (χ3v) is 4.43. The van der Waals surface area contributed by atoms with Crippen molar-refractivity contribution in [2.75, 3.05) is 26.2 Å². The van der Waals surface area contributed by atoms with Crippen LogP contribution in [0.5, 0.6) is 5.75 Å². The first-order valence-electron chi connectivity index (χ1n) is 8.78. The number of ether oxygens (including phenoxy) is 1. The van der Waals surface area contributed by atoms with Crippen LogP contribution in [0.2, 0.25) is 0 Å². The van der Waals surface area contributed by atoms with Gasteiger partial charge in [-0.3, -0.25) is 4.79 Å². The van der Waals surface area contributed by atoms with Gasteiger partial charge < -0.3 is 15.0 Å². The maximum Gasteiger partial charge on any atom is 0.223 e. The third kappa shape index (κ3) is 4.58. The topological polar surface area (TPSA) is 41.6 Å². The van der Waals surface area contributed by atoms with E-state index in [2.05, 4.69) is 5.32 Å². The summed E-state index contributed by atoms with van der Waals surface area (Å²) < 4.78 is 32.4. The summed E-state index contributed by atoms with van der Waals surface area (Å²) in [6.45, 7) is 2.15. The molecule has 26 heavy (non-hydrogen) atoms. The molecule has 0 aromatic heterocycles. The Kier molecular flexibility index (Phi) is 6.17. The Balaban J connectivity index is 1.54. The number of nitrogens with zero attached hydrogens (tertiary/aromatic N) is 1. The third-order valence-electron chi connectivity index (χ3n) is 4.43. The SMILES string of the molecule is O=C(CCCOc1ccccc1F)N1CCNCC1c1cccc(F)c1. The predicted octanol–water partition coefficient (Wildman–Crippen LogP) is 3.30. The van der Waals surface area contributed by atoms with Gasteiger partial charge in [0, 0.05) is 26.1 Å². The van der Waals surface area contributed by atoms with Crippen molar-refractivity contribution in [3.05, 3.63) is 65.7 Å². The van der Waals surface area contributed by atoms with Crippen molar-refractivity contribution in [3.63, 3.8) is 0 Å². The van der Waals surface area contributed by atoms with Crippen LogP contribution < -0.4 is 10.1 Å². The first-order chi connectivity index (χ1) is 12.6. The molecule has 4 nitrogen and oxygen atoms in total. The fraction of sp³-hybridized carbons (Fsp3) is 0.350. The van der Waals surface area contributed by atoms with E-state index in [0.717, 1.165) is 5.56 Å². The second-order valence-electron chi connectivity index (χ2n) is 6.24. The summed E-state index contributed by atoms with van der Waals surface area (Å²) in [6, 6.07) is 12.4. The molecular formula is C20H22F2N2O2. The van der Waals surface area contributed by atoms with E-state index in [1.165, 1.54) is 18.2 Å². The van der Waals surface area contributed by atoms with Crippen LogP contribution in [0.1, 0.15) is 24.4 Å². The predicted molar refractivity (Wildman–Crippen MR) is 94.9 cm³/mol. The minimum atomic E-state index is -0.410. The molecule has 0 saturated carbocycles. The molecule has 6 heteroatoms. The molecule has 1 unspecified atom stereocenters. The quantitative estimate of drug-likeness (QED) is 0.804. The van der Waals surface area contributed by atoms with Gasteiger partial charge in [0.15, 0.2) is 11.6 Å². The van der Waals surface area contributed by atoms with E-state index in [4.69, 9.17) is 4.74 Å². The number of carbonyl (C=O) groups is 1. The van der Waals surface area contributed by atoms with Gasteiger partial charge in [0.25, 0.3) is 0 Å². The van der Waals surface area contributed by atoms with E-state index in [-0.39, 0.29) is 30.1 Å². The molecule has 1 saturated heterocycles. The molecular weight excluding hydrogens is 338 g/mol. The van der Waals surface area contributed by atoms with Gasteiger partial charge in [0.2, 0.25) is 5.91 Å². The number of hydrogen-bond acceptors (Lipinski definition) is 3. The number of hydrogen-bond donors (Lipinski definition) is 1. The van der Waals surface area contributed by atoms with Gasteiger partial charge in [-0.2, -0.15) is 0 Å². The normalized spacial score (nSPS) is 17.2. The van der Waals surface area contributed by atoms with Crippen molar-refractivity contribution < 1.29 is 18.3 Å². The zero-order chi connectivity index (χ0) is 18.4. The van der Waals surface area contributed by atoms with Gasteiger partial charge in [0.05, 0.1) is 12.6 Å². The molecule has 0 aliphatic carbocycles. The van der Waals surface area contributed by atoms with Crippen molar-refractivity contribution in [1.82, 2.24) is 10.2 Å². The van der Waals surface area contributed by atoms with E-state index in [1.54, 1.807) is 29.2 Å². The molecule has 1 atom stereocenters. The van der Waals surface area contributed by atoms with Gasteiger partial charge in [-0.1, -0.05) is 24.3 Å². The first-order valence-corrected chi connectivity index (χ1v) is 8.78. The highest BCUT2D eigenvalue weighted by atomic mass is 19.1. The molecule has 0 radical (unpaired) electrons. The highest BCUT2D eigenvalue weighted by Gasteiger charge is 2.27. The smallest absolute Gasteiger partial charge is 0.223 e. The second kappa shape index (κ2) is 8.76. The van der Waals surface area contributed by atoms with Crippen LogP contribution >= 0.6 is 0 Å². The average Bonchev–Trinajstić information content (AvgIpc) is 2.66. The Morgan fingerprint density at radius 1 is 1.19 bits per heavy atom. The number of piperazine rings is 1. The summed E-state index contributed by atoms with van der Waals surface area (Å²) in [6.07, 6.45) is 0.799. The summed E-state index contributed by atoms with van der Waals surface area (Å²) in [5.41, 5.74) is 0.785. The summed E-state index contributed by atoms with van der Waals surface area (Å²) in [5, 5.41) is 3.25. The molecule has 1 aliphatic heterocycles. The Morgan fingerprint density at radius 2 is 2.04 bits per heavy atom. The Hall–Kier alpha value is -2.47. The zero-order valence-corrected chi connectivity index (χ0v) is 14.5. The standard InChI is InChI=1S/C20H22F2N2O2/c21-16-6-3-5-15(13-16)18-14-23-10-11-24(18)20(25)9-4-12-26-19-8-2-1-7-17(19)22/h1-3,5-8,13,18,23H,4,9-12,14H2. The molecule has 1 aliphatic rings. The largest absolute Gasteiger partial charge is 0.491 e. The van der Waals surface area contributed by atoms with Crippen molar-refractivity contribution in [2.45, 2.75) is 18.9 Å². The molecule has 1 fully saturated rings. The summed E-state index contributed by atoms with van der Waals surface area (Å²) in [7, 11) is 0. The van der Waals surface area contributed by atoms with Crippen LogP contribution in [0.3, 0.4) is 0 Å². The van der Waals surface area contributed by atoms with Gasteiger partial charge in [-0.15, -0.1) is 0 Å². The molecule has 3 rings (SSSR count). The second-order valence-corrected chi connectivity index (χ2v) is 6.24. The fourth-order valence-electron chi connectivity index (χ4n) is 3.13. The Morgan fingerprint density at radius 3 is 2.85 bits per heavy atom. The van der Waals surface area contributed by atoms with Crippen LogP contribution in [0.4, 0.5) is 8.78 Å². The van der Waals surface area contributed by atoms with Crippen LogP contribution in [-0.2, 0) is 4.79 Å². The van der Waals surface area contributed by atoms with E-state index < -0.39 is 5.82 Å². The molecule has 1 heterocycles. The molecule has 1 amide bonds. The average molecular weight is 360 g/mol. The lowest BCUT2D eigenvalue weighted by Gasteiger charge is -2.36. The van der Waals surface area contributed by atoms with Crippen LogP contribution in [0, 0.1) is 11.6 Å². The molecule has 0 bridgehead atoms. The molecule has 2 aromatic rings. The van der Waals surface area contributed by atoms with Gasteiger partial charge >= 0.3 is 0 Å². The number of para-hydroxylation sites is 1. The maximum atomic E-state index is 13.5. The number of amides is 1. The van der Waals surface area contributed by atoms with E-state index >= 15 is 0 Å². The zero-order valence-electron chi connectivity index (χ0n) is 14.5. The monoisotopic (exact) mass is 360 g/mol. The lowest BCUT2D eigenvalue weighted by molar-refractivity contribution is -0.134. The maximum absolute atomic E-state index is 13.5. The molecule has 2 aromatic carbocycles. The molecule has 0 spiro atoms. The lowest BCUT2D eigenvalue weighted by atomic mass is 10.0. The number of benzene rings is 2. The van der Waals surface area contributed by atoms with Gasteiger partial charge in [-0.05, 0) is 36.2 Å².